The van der Waals surface area contributed by atoms with Crippen molar-refractivity contribution in [2.45, 2.75) is 19.4 Å². The molecular weight excluding hydrogens is 276 g/mol. The van der Waals surface area contributed by atoms with Gasteiger partial charge in [0.1, 0.15) is 0 Å². The van der Waals surface area contributed by atoms with E-state index in [1.54, 1.807) is 6.20 Å². The van der Waals surface area contributed by atoms with Crippen molar-refractivity contribution in [1.82, 2.24) is 14.9 Å². The van der Waals surface area contributed by atoms with E-state index in [1.807, 2.05) is 13.0 Å². The van der Waals surface area contributed by atoms with Gasteiger partial charge in [-0.3, -0.25) is 4.90 Å². The van der Waals surface area contributed by atoms with Crippen molar-refractivity contribution in [3.8, 4) is 0 Å². The average Bonchev–Trinajstić information content (AvgIpc) is 2.79. The molecule has 2 aliphatic heterocycles. The highest BCUT2D eigenvalue weighted by atomic mass is 32.2. The zero-order valence-corrected chi connectivity index (χ0v) is 12.5. The molecule has 0 unspecified atom stereocenters. The number of piperazine rings is 1. The van der Waals surface area contributed by atoms with E-state index in [0.29, 0.717) is 11.5 Å². The molecule has 0 bridgehead atoms. The van der Waals surface area contributed by atoms with Gasteiger partial charge in [0.15, 0.2) is 9.84 Å². The lowest BCUT2D eigenvalue weighted by molar-refractivity contribution is 0.200. The highest BCUT2D eigenvalue weighted by molar-refractivity contribution is 7.91. The summed E-state index contributed by atoms with van der Waals surface area (Å²) in [5, 5.41) is 0. The maximum Gasteiger partial charge on any atom is 0.225 e. The minimum absolute atomic E-state index is 0.209. The van der Waals surface area contributed by atoms with Crippen molar-refractivity contribution in [2.24, 2.45) is 0 Å². The molecule has 110 valence electrons. The Morgan fingerprint density at radius 3 is 2.60 bits per heavy atom. The number of sulfone groups is 1. The third kappa shape index (κ3) is 2.93. The molecule has 1 atom stereocenters. The quantitative estimate of drug-likeness (QED) is 0.771. The van der Waals surface area contributed by atoms with Crippen LogP contribution in [0.4, 0.5) is 5.95 Å². The highest BCUT2D eigenvalue weighted by Gasteiger charge is 2.33. The fourth-order valence-electron chi connectivity index (χ4n) is 2.94. The Bertz CT molecular complexity index is 582. The smallest absolute Gasteiger partial charge is 0.225 e. The average molecular weight is 296 g/mol. The highest BCUT2D eigenvalue weighted by Crippen LogP contribution is 2.20. The van der Waals surface area contributed by atoms with E-state index in [9.17, 15) is 8.42 Å². The number of anilines is 1. The minimum atomic E-state index is -2.80. The summed E-state index contributed by atoms with van der Waals surface area (Å²) in [4.78, 5) is 13.2. The maximum absolute atomic E-state index is 11.5. The monoisotopic (exact) mass is 296 g/mol. The lowest BCUT2D eigenvalue weighted by atomic mass is 10.2. The topological polar surface area (TPSA) is 66.4 Å². The van der Waals surface area contributed by atoms with Crippen molar-refractivity contribution in [3.05, 3.63) is 18.0 Å². The molecule has 3 heterocycles. The summed E-state index contributed by atoms with van der Waals surface area (Å²) in [6, 6.07) is 2.10. The van der Waals surface area contributed by atoms with Gasteiger partial charge in [0.05, 0.1) is 11.5 Å². The van der Waals surface area contributed by atoms with Crippen LogP contribution < -0.4 is 4.90 Å². The normalized spacial score (nSPS) is 26.9. The maximum atomic E-state index is 11.5. The van der Waals surface area contributed by atoms with E-state index in [0.717, 1.165) is 44.2 Å². The van der Waals surface area contributed by atoms with Crippen LogP contribution in [0.2, 0.25) is 0 Å². The van der Waals surface area contributed by atoms with Crippen LogP contribution in [0.5, 0.6) is 0 Å². The van der Waals surface area contributed by atoms with Gasteiger partial charge in [0.25, 0.3) is 0 Å². The van der Waals surface area contributed by atoms with Gasteiger partial charge in [0.2, 0.25) is 5.95 Å². The molecule has 0 saturated carbocycles. The van der Waals surface area contributed by atoms with Crippen LogP contribution >= 0.6 is 0 Å². The molecule has 0 aliphatic carbocycles. The van der Waals surface area contributed by atoms with Gasteiger partial charge in [-0.2, -0.15) is 0 Å². The molecule has 6 nitrogen and oxygen atoms in total. The molecule has 2 aliphatic rings. The van der Waals surface area contributed by atoms with E-state index in [-0.39, 0.29) is 6.04 Å². The van der Waals surface area contributed by atoms with Crippen LogP contribution in [0, 0.1) is 6.92 Å². The van der Waals surface area contributed by atoms with Crippen LogP contribution in [-0.4, -0.2) is 67.0 Å². The predicted octanol–water partition coefficient (Wildman–Crippen LogP) is 0.0941. The molecule has 1 aromatic heterocycles. The summed E-state index contributed by atoms with van der Waals surface area (Å²) in [5.74, 6) is 1.45. The minimum Gasteiger partial charge on any atom is -0.338 e. The number of hydrogen-bond acceptors (Lipinski definition) is 6. The number of rotatable bonds is 2. The second-order valence-electron chi connectivity index (χ2n) is 5.58. The lowest BCUT2D eigenvalue weighted by Gasteiger charge is -2.37. The Morgan fingerprint density at radius 1 is 1.25 bits per heavy atom. The van der Waals surface area contributed by atoms with Gasteiger partial charge in [-0.1, -0.05) is 0 Å². The number of hydrogen-bond donors (Lipinski definition) is 0. The number of aromatic nitrogens is 2. The molecule has 0 amide bonds. The molecule has 0 radical (unpaired) electrons. The first-order valence-corrected chi connectivity index (χ1v) is 8.85. The fraction of sp³-hybridized carbons (Fsp3) is 0.692. The molecule has 2 saturated heterocycles. The van der Waals surface area contributed by atoms with Crippen LogP contribution in [-0.2, 0) is 9.84 Å². The van der Waals surface area contributed by atoms with Crippen LogP contribution in [0.25, 0.3) is 0 Å². The van der Waals surface area contributed by atoms with Crippen molar-refractivity contribution < 1.29 is 8.42 Å². The summed E-state index contributed by atoms with van der Waals surface area (Å²) in [6.45, 7) is 5.46. The van der Waals surface area contributed by atoms with Gasteiger partial charge in [-0.05, 0) is 19.4 Å². The molecule has 7 heteroatoms. The molecule has 0 N–H and O–H groups in total. The molecular formula is C13H20N4O2S. The third-order valence-corrected chi connectivity index (χ3v) is 5.85. The molecule has 0 spiro atoms. The molecule has 0 aromatic carbocycles. The Morgan fingerprint density at radius 2 is 2.00 bits per heavy atom. The largest absolute Gasteiger partial charge is 0.338 e. The molecule has 2 fully saturated rings. The summed E-state index contributed by atoms with van der Waals surface area (Å²) in [5.41, 5.74) is 0.972. The first kappa shape index (κ1) is 13.8. The Labute approximate surface area is 119 Å². The van der Waals surface area contributed by atoms with Crippen LogP contribution in [0.1, 0.15) is 12.1 Å². The third-order valence-electron chi connectivity index (χ3n) is 4.10. The van der Waals surface area contributed by atoms with Crippen molar-refractivity contribution >= 4 is 15.8 Å². The first-order chi connectivity index (χ1) is 9.53. The van der Waals surface area contributed by atoms with Gasteiger partial charge in [-0.25, -0.2) is 18.4 Å². The Kier molecular flexibility index (Phi) is 3.64. The van der Waals surface area contributed by atoms with Crippen molar-refractivity contribution in [2.75, 3.05) is 42.6 Å². The number of nitrogens with zero attached hydrogens (tertiary/aromatic N) is 4. The molecule has 1 aromatic rings. The second kappa shape index (κ2) is 5.29. The van der Waals surface area contributed by atoms with E-state index >= 15 is 0 Å². The van der Waals surface area contributed by atoms with E-state index in [2.05, 4.69) is 19.8 Å². The Hall–Kier alpha value is -1.21. The van der Waals surface area contributed by atoms with Crippen molar-refractivity contribution in [1.29, 1.82) is 0 Å². The lowest BCUT2D eigenvalue weighted by Crippen LogP contribution is -2.51. The van der Waals surface area contributed by atoms with Gasteiger partial charge in [-0.15, -0.1) is 0 Å². The van der Waals surface area contributed by atoms with E-state index < -0.39 is 9.84 Å². The van der Waals surface area contributed by atoms with E-state index in [1.165, 1.54) is 0 Å². The van der Waals surface area contributed by atoms with Gasteiger partial charge >= 0.3 is 0 Å². The molecule has 20 heavy (non-hydrogen) atoms. The zero-order chi connectivity index (χ0) is 14.2. The summed E-state index contributed by atoms with van der Waals surface area (Å²) in [7, 11) is -2.80. The summed E-state index contributed by atoms with van der Waals surface area (Å²) < 4.78 is 23.1. The summed E-state index contributed by atoms with van der Waals surface area (Å²) >= 11 is 0. The van der Waals surface area contributed by atoms with Crippen LogP contribution in [0.3, 0.4) is 0 Å². The SMILES string of the molecule is Cc1ccnc(N2CCN([C@H]3CCS(=O)(=O)C3)CC2)n1. The van der Waals surface area contributed by atoms with E-state index in [4.69, 9.17) is 0 Å². The fourth-order valence-corrected chi connectivity index (χ4v) is 4.70. The van der Waals surface area contributed by atoms with Gasteiger partial charge in [0, 0.05) is 44.1 Å². The Balaban J connectivity index is 1.60. The predicted molar refractivity (Wildman–Crippen MR) is 77.6 cm³/mol. The van der Waals surface area contributed by atoms with Crippen LogP contribution in [0.15, 0.2) is 12.3 Å². The molecule has 3 rings (SSSR count). The standard InChI is InChI=1S/C13H20N4O2S/c1-11-2-4-14-13(15-11)17-7-5-16(6-8-17)12-3-9-20(18,19)10-12/h2,4,12H,3,5-10H2,1H3/t12-/m0/s1. The summed E-state index contributed by atoms with van der Waals surface area (Å²) in [6.07, 6.45) is 2.57. The first-order valence-electron chi connectivity index (χ1n) is 7.02. The number of aryl methyl sites for hydroxylation is 1. The zero-order valence-electron chi connectivity index (χ0n) is 11.7. The van der Waals surface area contributed by atoms with Gasteiger partial charge < -0.3 is 4.90 Å². The second-order valence-corrected chi connectivity index (χ2v) is 7.81. The van der Waals surface area contributed by atoms with Crippen molar-refractivity contribution in [3.63, 3.8) is 0 Å².